The third kappa shape index (κ3) is 3.58. The predicted molar refractivity (Wildman–Crippen MR) is 74.9 cm³/mol. The molecular weight excluding hydrogens is 275 g/mol. The summed E-state index contributed by atoms with van der Waals surface area (Å²) in [7, 11) is 0. The van der Waals surface area contributed by atoms with Crippen molar-refractivity contribution in [1.29, 1.82) is 0 Å². The molecule has 0 aromatic heterocycles. The van der Waals surface area contributed by atoms with Crippen LogP contribution in [0.15, 0.2) is 24.3 Å². The molecule has 6 heteroatoms. The highest BCUT2D eigenvalue weighted by Gasteiger charge is 2.38. The van der Waals surface area contributed by atoms with Crippen molar-refractivity contribution >= 4 is 11.9 Å². The molecule has 114 valence electrons. The van der Waals surface area contributed by atoms with Crippen LogP contribution in [0.25, 0.3) is 0 Å². The van der Waals surface area contributed by atoms with E-state index in [0.29, 0.717) is 12.0 Å². The van der Waals surface area contributed by atoms with Gasteiger partial charge in [-0.05, 0) is 24.1 Å². The summed E-state index contributed by atoms with van der Waals surface area (Å²) in [5.41, 5.74) is 0.340. The van der Waals surface area contributed by atoms with Gasteiger partial charge in [-0.1, -0.05) is 31.9 Å². The number of hydrogen-bond acceptors (Lipinski definition) is 3. The van der Waals surface area contributed by atoms with Crippen molar-refractivity contribution < 1.29 is 19.1 Å². The van der Waals surface area contributed by atoms with E-state index in [2.05, 4.69) is 5.32 Å². The molecule has 1 aliphatic rings. The molecule has 1 heterocycles. The Bertz CT molecular complexity index is 535. The number of amides is 3. The molecule has 1 fully saturated rings. The van der Waals surface area contributed by atoms with Crippen molar-refractivity contribution in [2.24, 2.45) is 0 Å². The fourth-order valence-corrected chi connectivity index (χ4v) is 2.35. The number of benzene rings is 1. The van der Waals surface area contributed by atoms with Gasteiger partial charge in [-0.25, -0.2) is 9.18 Å². The highest BCUT2D eigenvalue weighted by atomic mass is 19.1. The number of β-amino-alcohol motifs (C(OH)–C–C–N with tert-alkyl or cyclic N) is 1. The van der Waals surface area contributed by atoms with Crippen molar-refractivity contribution in [2.75, 3.05) is 6.54 Å². The molecule has 21 heavy (non-hydrogen) atoms. The Morgan fingerprint density at radius 1 is 1.43 bits per heavy atom. The molecule has 1 aromatic carbocycles. The number of imide groups is 1. The number of nitrogens with one attached hydrogen (secondary N) is 1. The molecule has 3 amide bonds. The zero-order chi connectivity index (χ0) is 15.4. The molecule has 2 rings (SSSR count). The normalized spacial score (nSPS) is 19.8. The van der Waals surface area contributed by atoms with Crippen molar-refractivity contribution in [3.8, 4) is 0 Å². The first-order chi connectivity index (χ1) is 10.0. The lowest BCUT2D eigenvalue weighted by molar-refractivity contribution is -0.128. The van der Waals surface area contributed by atoms with Crippen LogP contribution >= 0.6 is 0 Å². The lowest BCUT2D eigenvalue weighted by atomic mass is 10.1. The fraction of sp³-hybridized carbons (Fsp3) is 0.467. The van der Waals surface area contributed by atoms with E-state index in [1.165, 1.54) is 18.2 Å². The number of urea groups is 1. The Morgan fingerprint density at radius 3 is 2.86 bits per heavy atom. The van der Waals surface area contributed by atoms with Crippen LogP contribution in [-0.4, -0.2) is 34.5 Å². The molecule has 2 atom stereocenters. The SMILES string of the molecule is CCCC[C@@H]1NC(=O)N(C[C@H](O)c2cccc(F)c2)C1=O. The van der Waals surface area contributed by atoms with Crippen molar-refractivity contribution in [3.63, 3.8) is 0 Å². The maximum atomic E-state index is 13.1. The second-order valence-corrected chi connectivity index (χ2v) is 5.16. The van der Waals surface area contributed by atoms with Gasteiger partial charge in [0.05, 0.1) is 12.6 Å². The van der Waals surface area contributed by atoms with Gasteiger partial charge in [-0.2, -0.15) is 0 Å². The Morgan fingerprint density at radius 2 is 2.19 bits per heavy atom. The van der Waals surface area contributed by atoms with E-state index in [1.807, 2.05) is 6.92 Å². The van der Waals surface area contributed by atoms with Crippen LogP contribution in [0.3, 0.4) is 0 Å². The smallest absolute Gasteiger partial charge is 0.324 e. The number of carbonyl (C=O) groups is 2. The van der Waals surface area contributed by atoms with E-state index in [4.69, 9.17) is 0 Å². The minimum atomic E-state index is -1.10. The number of aliphatic hydroxyl groups excluding tert-OH is 1. The zero-order valence-corrected chi connectivity index (χ0v) is 11.9. The largest absolute Gasteiger partial charge is 0.387 e. The van der Waals surface area contributed by atoms with Crippen molar-refractivity contribution in [2.45, 2.75) is 38.3 Å². The molecule has 0 unspecified atom stereocenters. The number of hydrogen-bond donors (Lipinski definition) is 2. The molecular formula is C15H19FN2O3. The molecule has 1 aliphatic heterocycles. The summed E-state index contributed by atoms with van der Waals surface area (Å²) in [5, 5.41) is 12.7. The molecule has 0 aliphatic carbocycles. The highest BCUT2D eigenvalue weighted by Crippen LogP contribution is 2.19. The third-order valence-corrected chi connectivity index (χ3v) is 3.54. The molecule has 1 aromatic rings. The minimum Gasteiger partial charge on any atom is -0.387 e. The van der Waals surface area contributed by atoms with Crippen LogP contribution in [0.2, 0.25) is 0 Å². The first-order valence-electron chi connectivity index (χ1n) is 7.08. The first kappa shape index (κ1) is 15.4. The van der Waals surface area contributed by atoms with Gasteiger partial charge in [0.1, 0.15) is 11.9 Å². The molecule has 0 radical (unpaired) electrons. The molecule has 0 bridgehead atoms. The standard InChI is InChI=1S/C15H19FN2O3/c1-2-3-7-12-14(20)18(15(21)17-12)9-13(19)10-5-4-6-11(16)8-10/h4-6,8,12-13,19H,2-3,7,9H2,1H3,(H,17,21)/t12-,13-/m0/s1. The van der Waals surface area contributed by atoms with E-state index in [9.17, 15) is 19.1 Å². The van der Waals surface area contributed by atoms with Crippen LogP contribution in [0.4, 0.5) is 9.18 Å². The average molecular weight is 294 g/mol. The molecule has 2 N–H and O–H groups in total. The van der Waals surface area contributed by atoms with Crippen LogP contribution in [-0.2, 0) is 4.79 Å². The van der Waals surface area contributed by atoms with E-state index in [1.54, 1.807) is 6.07 Å². The maximum Gasteiger partial charge on any atom is 0.324 e. The second-order valence-electron chi connectivity index (χ2n) is 5.16. The summed E-state index contributed by atoms with van der Waals surface area (Å²) in [6, 6.07) is 4.47. The average Bonchev–Trinajstić information content (AvgIpc) is 2.72. The maximum absolute atomic E-state index is 13.1. The number of carbonyl (C=O) groups excluding carboxylic acids is 2. The molecule has 1 saturated heterocycles. The topological polar surface area (TPSA) is 69.6 Å². The van der Waals surface area contributed by atoms with Gasteiger partial charge in [0.15, 0.2) is 0 Å². The highest BCUT2D eigenvalue weighted by molar-refractivity contribution is 6.04. The second kappa shape index (κ2) is 6.67. The number of rotatable bonds is 6. The first-order valence-corrected chi connectivity index (χ1v) is 7.08. The van der Waals surface area contributed by atoms with Gasteiger partial charge in [0.2, 0.25) is 0 Å². The fourth-order valence-electron chi connectivity index (χ4n) is 2.35. The summed E-state index contributed by atoms with van der Waals surface area (Å²) in [4.78, 5) is 24.9. The number of unbranched alkanes of at least 4 members (excludes halogenated alkanes) is 1. The summed E-state index contributed by atoms with van der Waals surface area (Å²) in [6.07, 6.45) is 1.27. The van der Waals surface area contributed by atoms with Crippen molar-refractivity contribution in [3.05, 3.63) is 35.6 Å². The lowest BCUT2D eigenvalue weighted by Gasteiger charge is -2.18. The van der Waals surface area contributed by atoms with Crippen molar-refractivity contribution in [1.82, 2.24) is 10.2 Å². The van der Waals surface area contributed by atoms with E-state index in [0.717, 1.165) is 17.7 Å². The van der Waals surface area contributed by atoms with Gasteiger partial charge in [0.25, 0.3) is 5.91 Å². The lowest BCUT2D eigenvalue weighted by Crippen LogP contribution is -2.35. The van der Waals surface area contributed by atoms with Crippen LogP contribution in [0.1, 0.15) is 37.9 Å². The summed E-state index contributed by atoms with van der Waals surface area (Å²) in [5.74, 6) is -0.798. The molecule has 0 spiro atoms. The van der Waals surface area contributed by atoms with E-state index < -0.39 is 24.0 Å². The van der Waals surface area contributed by atoms with Crippen LogP contribution in [0, 0.1) is 5.82 Å². The molecule has 0 saturated carbocycles. The van der Waals surface area contributed by atoms with Crippen LogP contribution in [0.5, 0.6) is 0 Å². The number of halogens is 1. The van der Waals surface area contributed by atoms with Gasteiger partial charge in [-0.3, -0.25) is 9.69 Å². The Hall–Kier alpha value is -1.95. The van der Waals surface area contributed by atoms with E-state index in [-0.39, 0.29) is 12.5 Å². The quantitative estimate of drug-likeness (QED) is 0.788. The Kier molecular flexibility index (Phi) is 4.90. The minimum absolute atomic E-state index is 0.170. The Balaban J connectivity index is 2.02. The number of aliphatic hydroxyl groups is 1. The summed E-state index contributed by atoms with van der Waals surface area (Å²) >= 11 is 0. The summed E-state index contributed by atoms with van der Waals surface area (Å²) in [6.45, 7) is 1.84. The summed E-state index contributed by atoms with van der Waals surface area (Å²) < 4.78 is 13.1. The van der Waals surface area contributed by atoms with Gasteiger partial charge in [-0.15, -0.1) is 0 Å². The van der Waals surface area contributed by atoms with E-state index >= 15 is 0 Å². The van der Waals surface area contributed by atoms with Crippen LogP contribution < -0.4 is 5.32 Å². The Labute approximate surface area is 122 Å². The number of nitrogens with zero attached hydrogens (tertiary/aromatic N) is 1. The third-order valence-electron chi connectivity index (χ3n) is 3.54. The van der Waals surface area contributed by atoms with Gasteiger partial charge >= 0.3 is 6.03 Å². The zero-order valence-electron chi connectivity index (χ0n) is 11.9. The predicted octanol–water partition coefficient (Wildman–Crippen LogP) is 1.97. The van der Waals surface area contributed by atoms with Gasteiger partial charge < -0.3 is 10.4 Å². The molecule has 5 nitrogen and oxygen atoms in total. The van der Waals surface area contributed by atoms with Gasteiger partial charge in [0, 0.05) is 0 Å². The monoisotopic (exact) mass is 294 g/mol.